The van der Waals surface area contributed by atoms with Gasteiger partial charge in [0.25, 0.3) is 0 Å². The fraction of sp³-hybridized carbons (Fsp3) is 0.387. The maximum atomic E-state index is 14.2. The van der Waals surface area contributed by atoms with Crippen LogP contribution in [-0.2, 0) is 22.5 Å². The third-order valence-corrected chi connectivity index (χ3v) is 8.49. The Labute approximate surface area is 242 Å². The molecule has 4 heterocycles. The molecular weight excluding hydrogens is 541 g/mol. The predicted octanol–water partition coefficient (Wildman–Crippen LogP) is 4.42. The third-order valence-electron chi connectivity index (χ3n) is 7.57. The van der Waals surface area contributed by atoms with E-state index in [1.165, 1.54) is 23.3 Å². The van der Waals surface area contributed by atoms with Crippen LogP contribution in [0.25, 0.3) is 32.6 Å². The Balaban J connectivity index is 1.10. The van der Waals surface area contributed by atoms with E-state index >= 15 is 0 Å². The van der Waals surface area contributed by atoms with Crippen molar-refractivity contribution in [2.45, 2.75) is 25.8 Å². The molecule has 2 aromatic carbocycles. The van der Waals surface area contributed by atoms with Crippen LogP contribution in [0.3, 0.4) is 0 Å². The lowest BCUT2D eigenvalue weighted by Gasteiger charge is -2.18. The number of amides is 1. The Bertz CT molecular complexity index is 1520. The van der Waals surface area contributed by atoms with Gasteiger partial charge in [0.1, 0.15) is 29.6 Å². The average molecular weight is 576 g/mol. The summed E-state index contributed by atoms with van der Waals surface area (Å²) >= 11 is 1.58. The monoisotopic (exact) mass is 575 g/mol. The molecule has 0 saturated carbocycles. The first-order valence-electron chi connectivity index (χ1n) is 14.2. The molecule has 2 aliphatic rings. The molecular formula is C31H34FN5O3S. The minimum atomic E-state index is -0.388. The van der Waals surface area contributed by atoms with Gasteiger partial charge in [0.2, 0.25) is 5.91 Å². The molecule has 1 fully saturated rings. The van der Waals surface area contributed by atoms with Gasteiger partial charge in [0, 0.05) is 35.7 Å². The first-order valence-corrected chi connectivity index (χ1v) is 15.1. The number of carbonyl (C=O) groups is 1. The van der Waals surface area contributed by atoms with Gasteiger partial charge in [-0.1, -0.05) is 12.1 Å². The number of nitrogens with one attached hydrogen (secondary N) is 2. The lowest BCUT2D eigenvalue weighted by Crippen LogP contribution is -2.37. The van der Waals surface area contributed by atoms with Crippen molar-refractivity contribution in [3.05, 3.63) is 64.8 Å². The Morgan fingerprint density at radius 3 is 2.80 bits per heavy atom. The van der Waals surface area contributed by atoms with Gasteiger partial charge < -0.3 is 20.1 Å². The highest BCUT2D eigenvalue weighted by atomic mass is 32.1. The Kier molecular flexibility index (Phi) is 8.81. The average Bonchev–Trinajstić information content (AvgIpc) is 3.69. The van der Waals surface area contributed by atoms with E-state index < -0.39 is 0 Å². The van der Waals surface area contributed by atoms with E-state index in [2.05, 4.69) is 50.0 Å². The lowest BCUT2D eigenvalue weighted by atomic mass is 9.96. The summed E-state index contributed by atoms with van der Waals surface area (Å²) in [6.45, 7) is 5.66. The van der Waals surface area contributed by atoms with E-state index in [9.17, 15) is 9.18 Å². The minimum Gasteiger partial charge on any atom is -0.490 e. The fourth-order valence-electron chi connectivity index (χ4n) is 5.48. The summed E-state index contributed by atoms with van der Waals surface area (Å²) in [7, 11) is 0. The number of benzene rings is 2. The van der Waals surface area contributed by atoms with Gasteiger partial charge in [-0.2, -0.15) is 0 Å². The zero-order chi connectivity index (χ0) is 28.0. The molecule has 0 atom stereocenters. The molecule has 0 spiro atoms. The molecule has 10 heteroatoms. The molecule has 41 heavy (non-hydrogen) atoms. The Morgan fingerprint density at radius 1 is 1.02 bits per heavy atom. The van der Waals surface area contributed by atoms with Crippen LogP contribution < -0.4 is 15.4 Å². The highest BCUT2D eigenvalue weighted by Crippen LogP contribution is 2.39. The number of halogens is 1. The Morgan fingerprint density at radius 2 is 1.90 bits per heavy atom. The van der Waals surface area contributed by atoms with Crippen LogP contribution in [0.5, 0.6) is 5.75 Å². The number of nitrogens with zero attached hydrogens (tertiary/aromatic N) is 3. The van der Waals surface area contributed by atoms with E-state index in [-0.39, 0.29) is 18.3 Å². The molecule has 1 saturated heterocycles. The molecule has 214 valence electrons. The van der Waals surface area contributed by atoms with Crippen molar-refractivity contribution in [1.29, 1.82) is 0 Å². The zero-order valence-electron chi connectivity index (χ0n) is 23.0. The smallest absolute Gasteiger partial charge is 0.234 e. The van der Waals surface area contributed by atoms with Crippen molar-refractivity contribution in [2.24, 2.45) is 0 Å². The third kappa shape index (κ3) is 6.56. The normalized spacial score (nSPS) is 15.2. The zero-order valence-corrected chi connectivity index (χ0v) is 23.8. The summed E-state index contributed by atoms with van der Waals surface area (Å²) < 4.78 is 26.8. The van der Waals surface area contributed by atoms with Crippen molar-refractivity contribution in [1.82, 2.24) is 25.7 Å². The summed E-state index contributed by atoms with van der Waals surface area (Å²) in [5.41, 5.74) is 5.91. The molecule has 0 unspecified atom stereocenters. The molecule has 8 nitrogen and oxygen atoms in total. The fourth-order valence-corrected chi connectivity index (χ4v) is 6.37. The van der Waals surface area contributed by atoms with E-state index in [0.717, 1.165) is 66.8 Å². The first-order chi connectivity index (χ1) is 20.2. The summed E-state index contributed by atoms with van der Waals surface area (Å²) in [4.78, 5) is 14.2. The molecule has 2 N–H and O–H groups in total. The van der Waals surface area contributed by atoms with Gasteiger partial charge in [-0.05, 0) is 79.7 Å². The second-order valence-corrected chi connectivity index (χ2v) is 11.3. The standard InChI is InChI=1S/C31H34FN5O3S/c32-24-5-6-25(27(18-24)40-15-14-39-13-10-34-28(38)20-37-11-1-2-12-37)30-31-26(8-16-41-31)29(35-36-30)22-3-4-23-19-33-9-7-21(23)17-22/h3-6,8,16-18,33H,1-2,7,9-15,19-20H2,(H,34,38). The molecule has 0 radical (unpaired) electrons. The number of fused-ring (bicyclic) bond motifs is 2. The van der Waals surface area contributed by atoms with Gasteiger partial charge in [-0.3, -0.25) is 9.69 Å². The van der Waals surface area contributed by atoms with Crippen molar-refractivity contribution in [2.75, 3.05) is 52.5 Å². The molecule has 1 amide bonds. The number of ether oxygens (including phenoxy) is 2. The lowest BCUT2D eigenvalue weighted by molar-refractivity contribution is -0.122. The van der Waals surface area contributed by atoms with Crippen LogP contribution in [0.4, 0.5) is 4.39 Å². The molecule has 0 aliphatic carbocycles. The molecule has 0 bridgehead atoms. The molecule has 2 aliphatic heterocycles. The number of carbonyl (C=O) groups excluding carboxylic acids is 1. The van der Waals surface area contributed by atoms with E-state index in [1.807, 2.05) is 5.38 Å². The largest absolute Gasteiger partial charge is 0.490 e. The van der Waals surface area contributed by atoms with Gasteiger partial charge in [-0.15, -0.1) is 21.5 Å². The van der Waals surface area contributed by atoms with E-state index in [0.29, 0.717) is 43.3 Å². The maximum Gasteiger partial charge on any atom is 0.234 e. The number of thiophene rings is 1. The van der Waals surface area contributed by atoms with Crippen LogP contribution in [0.1, 0.15) is 24.0 Å². The van der Waals surface area contributed by atoms with Crippen LogP contribution in [0.2, 0.25) is 0 Å². The number of hydrogen-bond acceptors (Lipinski definition) is 8. The first kappa shape index (κ1) is 27.7. The second kappa shape index (κ2) is 13.0. The van der Waals surface area contributed by atoms with E-state index in [4.69, 9.17) is 9.47 Å². The maximum absolute atomic E-state index is 14.2. The number of likely N-dealkylation sites (tertiary alicyclic amines) is 1. The van der Waals surface area contributed by atoms with Crippen LogP contribution >= 0.6 is 11.3 Å². The number of rotatable bonds is 11. The van der Waals surface area contributed by atoms with Crippen molar-refractivity contribution in [3.63, 3.8) is 0 Å². The molecule has 2 aromatic heterocycles. The minimum absolute atomic E-state index is 0.0205. The Hall–Kier alpha value is -3.44. The van der Waals surface area contributed by atoms with Crippen LogP contribution in [0.15, 0.2) is 47.8 Å². The summed E-state index contributed by atoms with van der Waals surface area (Å²) in [5, 5.41) is 18.6. The topological polar surface area (TPSA) is 88.6 Å². The summed E-state index contributed by atoms with van der Waals surface area (Å²) in [6.07, 6.45) is 3.31. The van der Waals surface area contributed by atoms with Crippen molar-refractivity contribution < 1.29 is 18.7 Å². The highest BCUT2D eigenvalue weighted by molar-refractivity contribution is 7.17. The summed E-state index contributed by atoms with van der Waals surface area (Å²) in [5.74, 6) is 0.0265. The van der Waals surface area contributed by atoms with Crippen molar-refractivity contribution in [3.8, 4) is 28.3 Å². The van der Waals surface area contributed by atoms with Crippen LogP contribution in [-0.4, -0.2) is 73.5 Å². The van der Waals surface area contributed by atoms with Gasteiger partial charge >= 0.3 is 0 Å². The van der Waals surface area contributed by atoms with Crippen LogP contribution in [0, 0.1) is 5.82 Å². The number of hydrogen-bond donors (Lipinski definition) is 2. The summed E-state index contributed by atoms with van der Waals surface area (Å²) in [6, 6.07) is 13.0. The SMILES string of the molecule is O=C(CN1CCCC1)NCCOCCOc1cc(F)ccc1-c1nnc(-c2ccc3c(c2)CCNC3)c2ccsc12. The second-order valence-electron chi connectivity index (χ2n) is 10.4. The molecule has 6 rings (SSSR count). The van der Waals surface area contributed by atoms with Crippen molar-refractivity contribution >= 4 is 27.3 Å². The highest BCUT2D eigenvalue weighted by Gasteiger charge is 2.19. The van der Waals surface area contributed by atoms with Gasteiger partial charge in [0.15, 0.2) is 0 Å². The van der Waals surface area contributed by atoms with E-state index in [1.54, 1.807) is 17.4 Å². The predicted molar refractivity (Wildman–Crippen MR) is 159 cm³/mol. The molecule has 4 aromatic rings. The number of aromatic nitrogens is 2. The van der Waals surface area contributed by atoms with Gasteiger partial charge in [0.05, 0.1) is 24.5 Å². The van der Waals surface area contributed by atoms with Gasteiger partial charge in [-0.25, -0.2) is 4.39 Å². The quantitative estimate of drug-likeness (QED) is 0.256.